The number of nitrogens with zero attached hydrogens (tertiary/aromatic N) is 1. The van der Waals surface area contributed by atoms with Gasteiger partial charge in [0.15, 0.2) is 0 Å². The van der Waals surface area contributed by atoms with Crippen LogP contribution >= 0.6 is 0 Å². The van der Waals surface area contributed by atoms with Crippen LogP contribution in [-0.4, -0.2) is 36.6 Å². The van der Waals surface area contributed by atoms with Crippen molar-refractivity contribution in [2.45, 2.75) is 59.5 Å². The summed E-state index contributed by atoms with van der Waals surface area (Å²) in [7, 11) is 0. The predicted octanol–water partition coefficient (Wildman–Crippen LogP) is 2.74. The molecule has 96 valence electrons. The molecule has 0 saturated carbocycles. The molecule has 1 saturated heterocycles. The number of hydrogen-bond acceptors (Lipinski definition) is 2. The van der Waals surface area contributed by atoms with Crippen molar-refractivity contribution in [2.75, 3.05) is 19.6 Å². The Kier molecular flexibility index (Phi) is 5.77. The molecule has 1 unspecified atom stereocenters. The van der Waals surface area contributed by atoms with Gasteiger partial charge in [-0.15, -0.1) is 0 Å². The fourth-order valence-electron chi connectivity index (χ4n) is 2.36. The van der Waals surface area contributed by atoms with E-state index in [9.17, 15) is 0 Å². The van der Waals surface area contributed by atoms with Gasteiger partial charge in [-0.2, -0.15) is 0 Å². The van der Waals surface area contributed by atoms with Crippen LogP contribution in [0.4, 0.5) is 0 Å². The fraction of sp³-hybridized carbons (Fsp3) is 1.00. The minimum atomic E-state index is 0.654. The summed E-state index contributed by atoms with van der Waals surface area (Å²) in [6.07, 6.45) is 2.65. The van der Waals surface area contributed by atoms with Crippen molar-refractivity contribution >= 4 is 0 Å². The lowest BCUT2D eigenvalue weighted by molar-refractivity contribution is 0.171. The molecule has 0 radical (unpaired) electrons. The molecule has 1 N–H and O–H groups in total. The smallest absolute Gasteiger partial charge is 0.00939 e. The van der Waals surface area contributed by atoms with E-state index >= 15 is 0 Å². The van der Waals surface area contributed by atoms with Gasteiger partial charge < -0.3 is 10.2 Å². The van der Waals surface area contributed by atoms with Gasteiger partial charge in [0, 0.05) is 18.6 Å². The summed E-state index contributed by atoms with van der Waals surface area (Å²) in [4.78, 5) is 2.61. The van der Waals surface area contributed by atoms with Crippen molar-refractivity contribution in [3.05, 3.63) is 0 Å². The van der Waals surface area contributed by atoms with E-state index in [-0.39, 0.29) is 0 Å². The molecule has 1 aliphatic rings. The Morgan fingerprint density at radius 2 is 1.62 bits per heavy atom. The third kappa shape index (κ3) is 4.84. The van der Waals surface area contributed by atoms with Crippen LogP contribution < -0.4 is 5.32 Å². The first-order valence-electron chi connectivity index (χ1n) is 6.97. The Bertz CT molecular complexity index is 181. The maximum Gasteiger partial charge on any atom is 0.00939 e. The summed E-state index contributed by atoms with van der Waals surface area (Å²) in [5.74, 6) is 1.55. The second-order valence-corrected chi connectivity index (χ2v) is 6.17. The first-order valence-corrected chi connectivity index (χ1v) is 6.97. The predicted molar refractivity (Wildman–Crippen MR) is 71.7 cm³/mol. The van der Waals surface area contributed by atoms with Gasteiger partial charge in [-0.3, -0.25) is 0 Å². The molecule has 0 spiro atoms. The van der Waals surface area contributed by atoms with Crippen LogP contribution in [-0.2, 0) is 0 Å². The zero-order valence-electron chi connectivity index (χ0n) is 11.8. The van der Waals surface area contributed by atoms with Gasteiger partial charge in [-0.05, 0) is 44.7 Å². The molecule has 0 amide bonds. The number of hydrogen-bond donors (Lipinski definition) is 1. The molecule has 0 aromatic rings. The average Bonchev–Trinajstić information content (AvgIpc) is 2.20. The van der Waals surface area contributed by atoms with Gasteiger partial charge in [0.2, 0.25) is 0 Å². The average molecular weight is 226 g/mol. The Morgan fingerprint density at radius 1 is 1.06 bits per heavy atom. The Morgan fingerprint density at radius 3 is 2.06 bits per heavy atom. The van der Waals surface area contributed by atoms with Crippen LogP contribution in [0.3, 0.4) is 0 Å². The third-order valence-corrected chi connectivity index (χ3v) is 3.71. The van der Waals surface area contributed by atoms with E-state index in [0.717, 1.165) is 17.9 Å². The van der Waals surface area contributed by atoms with Crippen LogP contribution in [0.15, 0.2) is 0 Å². The minimum Gasteiger partial charge on any atom is -0.311 e. The number of likely N-dealkylation sites (tertiary alicyclic amines) is 1. The molecule has 1 aliphatic heterocycles. The highest BCUT2D eigenvalue weighted by Crippen LogP contribution is 2.14. The molecular formula is C14H30N2. The van der Waals surface area contributed by atoms with Gasteiger partial charge in [0.1, 0.15) is 0 Å². The molecule has 1 rings (SSSR count). The van der Waals surface area contributed by atoms with Crippen molar-refractivity contribution in [3.63, 3.8) is 0 Å². The topological polar surface area (TPSA) is 15.3 Å². The molecule has 0 aromatic carbocycles. The molecule has 1 fully saturated rings. The summed E-state index contributed by atoms with van der Waals surface area (Å²) in [6, 6.07) is 1.41. The normalized spacial score (nSPS) is 21.9. The highest BCUT2D eigenvalue weighted by molar-refractivity contribution is 4.80. The zero-order valence-corrected chi connectivity index (χ0v) is 11.8. The number of rotatable bonds is 5. The lowest BCUT2D eigenvalue weighted by Gasteiger charge is -2.35. The van der Waals surface area contributed by atoms with Crippen molar-refractivity contribution in [3.8, 4) is 0 Å². The molecule has 1 atom stereocenters. The highest BCUT2D eigenvalue weighted by atomic mass is 15.1. The summed E-state index contributed by atoms with van der Waals surface area (Å²) in [5, 5.41) is 3.77. The second kappa shape index (κ2) is 6.61. The van der Waals surface area contributed by atoms with E-state index in [1.54, 1.807) is 0 Å². The monoisotopic (exact) mass is 226 g/mol. The number of nitrogens with one attached hydrogen (secondary N) is 1. The van der Waals surface area contributed by atoms with Gasteiger partial charge in [0.05, 0.1) is 0 Å². The Labute approximate surface area is 102 Å². The van der Waals surface area contributed by atoms with Crippen LogP contribution in [0.25, 0.3) is 0 Å². The standard InChI is InChI=1S/C14H30N2/c1-11(2)10-16-8-6-14(7-9-16)15-13(5)12(3)4/h11-15H,6-10H2,1-5H3. The Balaban J connectivity index is 2.21. The van der Waals surface area contributed by atoms with Crippen LogP contribution in [0, 0.1) is 11.8 Å². The van der Waals surface area contributed by atoms with E-state index in [2.05, 4.69) is 44.8 Å². The van der Waals surface area contributed by atoms with E-state index < -0.39 is 0 Å². The molecule has 16 heavy (non-hydrogen) atoms. The van der Waals surface area contributed by atoms with Crippen LogP contribution in [0.2, 0.25) is 0 Å². The molecule has 2 heteroatoms. The highest BCUT2D eigenvalue weighted by Gasteiger charge is 2.21. The first kappa shape index (κ1) is 14.0. The number of piperidine rings is 1. The first-order chi connectivity index (χ1) is 7.49. The quantitative estimate of drug-likeness (QED) is 0.775. The maximum absolute atomic E-state index is 3.77. The van der Waals surface area contributed by atoms with Crippen LogP contribution in [0.5, 0.6) is 0 Å². The zero-order chi connectivity index (χ0) is 12.1. The summed E-state index contributed by atoms with van der Waals surface area (Å²) in [5.41, 5.74) is 0. The van der Waals surface area contributed by atoms with E-state index in [1.165, 1.54) is 32.5 Å². The minimum absolute atomic E-state index is 0.654. The SMILES string of the molecule is CC(C)CN1CCC(NC(C)C(C)C)CC1. The molecule has 1 heterocycles. The van der Waals surface area contributed by atoms with E-state index in [4.69, 9.17) is 0 Å². The summed E-state index contributed by atoms with van der Waals surface area (Å²) in [6.45, 7) is 15.4. The summed E-state index contributed by atoms with van der Waals surface area (Å²) >= 11 is 0. The largest absolute Gasteiger partial charge is 0.311 e. The Hall–Kier alpha value is -0.0800. The molecule has 2 nitrogen and oxygen atoms in total. The molecule has 0 bridgehead atoms. The van der Waals surface area contributed by atoms with E-state index in [0.29, 0.717) is 6.04 Å². The van der Waals surface area contributed by atoms with Crippen molar-refractivity contribution in [2.24, 2.45) is 11.8 Å². The van der Waals surface area contributed by atoms with E-state index in [1.807, 2.05) is 0 Å². The second-order valence-electron chi connectivity index (χ2n) is 6.17. The van der Waals surface area contributed by atoms with Crippen LogP contribution in [0.1, 0.15) is 47.5 Å². The van der Waals surface area contributed by atoms with Crippen molar-refractivity contribution in [1.29, 1.82) is 0 Å². The lowest BCUT2D eigenvalue weighted by atomic mass is 10.00. The molecule has 0 aromatic heterocycles. The third-order valence-electron chi connectivity index (χ3n) is 3.71. The molecular weight excluding hydrogens is 196 g/mol. The van der Waals surface area contributed by atoms with Gasteiger partial charge >= 0.3 is 0 Å². The van der Waals surface area contributed by atoms with Crippen molar-refractivity contribution in [1.82, 2.24) is 10.2 Å². The summed E-state index contributed by atoms with van der Waals surface area (Å²) < 4.78 is 0. The van der Waals surface area contributed by atoms with Gasteiger partial charge in [-0.1, -0.05) is 27.7 Å². The van der Waals surface area contributed by atoms with Gasteiger partial charge in [-0.25, -0.2) is 0 Å². The lowest BCUT2D eigenvalue weighted by Crippen LogP contribution is -2.47. The fourth-order valence-corrected chi connectivity index (χ4v) is 2.36. The maximum atomic E-state index is 3.77. The van der Waals surface area contributed by atoms with Gasteiger partial charge in [0.25, 0.3) is 0 Å². The molecule has 0 aliphatic carbocycles. The van der Waals surface area contributed by atoms with Crippen molar-refractivity contribution < 1.29 is 0 Å².